The highest BCUT2D eigenvalue weighted by molar-refractivity contribution is 8.00. The number of carbonyl (C=O) groups excluding carboxylic acids is 2. The van der Waals surface area contributed by atoms with E-state index in [0.29, 0.717) is 16.9 Å². The van der Waals surface area contributed by atoms with E-state index in [9.17, 15) is 29.6 Å². The average Bonchev–Trinajstić information content (AvgIpc) is 2.70. The predicted molar refractivity (Wildman–Crippen MR) is 99.8 cm³/mol. The number of thioether (sulfide) groups is 1. The van der Waals surface area contributed by atoms with Crippen LogP contribution in [0.1, 0.15) is 5.56 Å². The summed E-state index contributed by atoms with van der Waals surface area (Å²) in [5.41, 5.74) is 0.842. The summed E-state index contributed by atoms with van der Waals surface area (Å²) in [4.78, 5) is 47.2. The summed E-state index contributed by atoms with van der Waals surface area (Å²) in [6.45, 7) is -0.0367. The molecule has 1 aromatic carbocycles. The highest BCUT2D eigenvalue weighted by atomic mass is 32.2. The molecule has 0 saturated carbocycles. The van der Waals surface area contributed by atoms with Gasteiger partial charge in [-0.25, -0.2) is 9.59 Å². The zero-order chi connectivity index (χ0) is 21.1. The number of alkyl carbamates (subject to hydrolysis) is 1. The summed E-state index contributed by atoms with van der Waals surface area (Å²) < 4.78 is 10.0. The number of ether oxygens (including phenoxy) is 2. The van der Waals surface area contributed by atoms with E-state index >= 15 is 0 Å². The minimum Gasteiger partial charge on any atom is -0.477 e. The first-order valence-corrected chi connectivity index (χ1v) is 9.44. The van der Waals surface area contributed by atoms with Gasteiger partial charge in [0.15, 0.2) is 0 Å². The molecule has 0 aliphatic carbocycles. The van der Waals surface area contributed by atoms with E-state index in [-0.39, 0.29) is 24.6 Å². The number of rotatable bonds is 7. The second kappa shape index (κ2) is 8.49. The number of aliphatic carboxylic acids is 1. The van der Waals surface area contributed by atoms with Gasteiger partial charge in [-0.2, -0.15) is 0 Å². The molecule has 2 aliphatic rings. The van der Waals surface area contributed by atoms with Crippen LogP contribution in [0.4, 0.5) is 10.5 Å². The Morgan fingerprint density at radius 3 is 2.62 bits per heavy atom. The standard InChI is InChI=1S/C17H17N3O8S/c1-27-7-10-8-29-15-12(14(21)19(15)13(10)16(22)23)18-17(24)28-6-9-2-4-11(5-3-9)20(25)26/h2-5,12,15H,6-8H2,1H3,(H,18,24)(H,22,23)/t12?,15-/m1/s1. The van der Waals surface area contributed by atoms with Gasteiger partial charge in [0, 0.05) is 25.0 Å². The molecule has 3 rings (SSSR count). The van der Waals surface area contributed by atoms with Crippen LogP contribution < -0.4 is 5.32 Å². The molecule has 1 unspecified atom stereocenters. The van der Waals surface area contributed by atoms with Gasteiger partial charge in [-0.15, -0.1) is 11.8 Å². The van der Waals surface area contributed by atoms with E-state index in [1.54, 1.807) is 0 Å². The Bertz CT molecular complexity index is 885. The van der Waals surface area contributed by atoms with E-state index < -0.39 is 34.3 Å². The van der Waals surface area contributed by atoms with Crippen molar-refractivity contribution in [2.75, 3.05) is 19.5 Å². The lowest BCUT2D eigenvalue weighted by molar-refractivity contribution is -0.384. The SMILES string of the molecule is COCC1=C(C(=O)O)N2C(=O)C(NC(=O)OCc3ccc([N+](=O)[O-])cc3)[C@H]2SC1. The Morgan fingerprint density at radius 1 is 1.34 bits per heavy atom. The number of benzene rings is 1. The largest absolute Gasteiger partial charge is 0.477 e. The van der Waals surface area contributed by atoms with Crippen molar-refractivity contribution < 1.29 is 33.9 Å². The van der Waals surface area contributed by atoms with Gasteiger partial charge < -0.3 is 19.9 Å². The summed E-state index contributed by atoms with van der Waals surface area (Å²) >= 11 is 1.32. The van der Waals surface area contributed by atoms with Crippen LogP contribution >= 0.6 is 11.8 Å². The Hall–Kier alpha value is -3.12. The molecule has 12 heteroatoms. The number of nitro benzene ring substituents is 1. The van der Waals surface area contributed by atoms with E-state index in [0.717, 1.165) is 4.90 Å². The van der Waals surface area contributed by atoms with E-state index in [4.69, 9.17) is 9.47 Å². The second-order valence-corrected chi connectivity index (χ2v) is 7.33. The summed E-state index contributed by atoms with van der Waals surface area (Å²) in [5.74, 6) is -1.41. The van der Waals surface area contributed by atoms with Crippen molar-refractivity contribution in [3.8, 4) is 0 Å². The summed E-state index contributed by atoms with van der Waals surface area (Å²) in [6, 6.07) is 4.60. The molecule has 2 N–H and O–H groups in total. The summed E-state index contributed by atoms with van der Waals surface area (Å²) in [5, 5.41) is 22.0. The number of fused-ring (bicyclic) bond motifs is 1. The van der Waals surface area contributed by atoms with Crippen LogP contribution in [0, 0.1) is 10.1 Å². The summed E-state index contributed by atoms with van der Waals surface area (Å²) in [6.07, 6.45) is -0.842. The van der Waals surface area contributed by atoms with Gasteiger partial charge in [-0.1, -0.05) is 0 Å². The van der Waals surface area contributed by atoms with Crippen LogP contribution in [-0.4, -0.2) is 63.8 Å². The quantitative estimate of drug-likeness (QED) is 0.373. The lowest BCUT2D eigenvalue weighted by Crippen LogP contribution is -2.70. The molecule has 0 bridgehead atoms. The highest BCUT2D eigenvalue weighted by Crippen LogP contribution is 2.40. The molecule has 154 valence electrons. The number of carboxylic acids is 1. The Balaban J connectivity index is 1.58. The van der Waals surface area contributed by atoms with Crippen LogP contribution in [0.3, 0.4) is 0 Å². The smallest absolute Gasteiger partial charge is 0.408 e. The maximum Gasteiger partial charge on any atom is 0.408 e. The van der Waals surface area contributed by atoms with Crippen molar-refractivity contribution in [1.82, 2.24) is 10.2 Å². The number of β-lactam (4-membered cyclic amide) rings is 1. The van der Waals surface area contributed by atoms with Gasteiger partial charge in [-0.3, -0.25) is 19.8 Å². The fourth-order valence-electron chi connectivity index (χ4n) is 3.00. The Kier molecular flexibility index (Phi) is 6.03. The molecule has 11 nitrogen and oxygen atoms in total. The second-order valence-electron chi connectivity index (χ2n) is 6.22. The minimum absolute atomic E-state index is 0.0807. The first-order valence-electron chi connectivity index (χ1n) is 8.39. The van der Waals surface area contributed by atoms with Crippen molar-refractivity contribution in [1.29, 1.82) is 0 Å². The number of nitro groups is 1. The molecule has 2 heterocycles. The van der Waals surface area contributed by atoms with Crippen LogP contribution in [0.5, 0.6) is 0 Å². The maximum atomic E-state index is 12.4. The highest BCUT2D eigenvalue weighted by Gasteiger charge is 2.54. The van der Waals surface area contributed by atoms with Crippen LogP contribution in [-0.2, 0) is 25.7 Å². The molecule has 1 saturated heterocycles. The third kappa shape index (κ3) is 4.17. The van der Waals surface area contributed by atoms with E-state index in [2.05, 4.69) is 5.32 Å². The maximum absolute atomic E-state index is 12.4. The molecule has 1 aromatic rings. The minimum atomic E-state index is -1.23. The van der Waals surface area contributed by atoms with Crippen LogP contribution in [0.2, 0.25) is 0 Å². The molecule has 2 aliphatic heterocycles. The van der Waals surface area contributed by atoms with Crippen molar-refractivity contribution in [2.45, 2.75) is 18.0 Å². The zero-order valence-corrected chi connectivity index (χ0v) is 16.0. The third-order valence-electron chi connectivity index (χ3n) is 4.36. The topological polar surface area (TPSA) is 148 Å². The Labute approximate surface area is 168 Å². The lowest BCUT2D eigenvalue weighted by atomic mass is 10.0. The van der Waals surface area contributed by atoms with E-state index in [1.165, 1.54) is 43.1 Å². The molecule has 0 aromatic heterocycles. The molecular weight excluding hydrogens is 406 g/mol. The van der Waals surface area contributed by atoms with Gasteiger partial charge in [0.25, 0.3) is 11.6 Å². The van der Waals surface area contributed by atoms with Gasteiger partial charge in [0.05, 0.1) is 11.5 Å². The number of carbonyl (C=O) groups is 3. The van der Waals surface area contributed by atoms with Crippen molar-refractivity contribution >= 4 is 35.4 Å². The molecule has 2 amide bonds. The third-order valence-corrected chi connectivity index (χ3v) is 5.70. The predicted octanol–water partition coefficient (Wildman–Crippen LogP) is 1.09. The van der Waals surface area contributed by atoms with Crippen molar-refractivity contribution in [2.24, 2.45) is 0 Å². The summed E-state index contributed by atoms with van der Waals surface area (Å²) in [7, 11) is 1.44. The number of methoxy groups -OCH3 is 1. The molecule has 1 fully saturated rings. The lowest BCUT2D eigenvalue weighted by Gasteiger charge is -2.49. The van der Waals surface area contributed by atoms with Crippen molar-refractivity contribution in [3.05, 3.63) is 51.2 Å². The van der Waals surface area contributed by atoms with Gasteiger partial charge in [0.2, 0.25) is 0 Å². The fraction of sp³-hybridized carbons (Fsp3) is 0.353. The first kappa shape index (κ1) is 20.6. The number of nitrogens with zero attached hydrogens (tertiary/aromatic N) is 2. The molecular formula is C17H17N3O8S. The number of hydrogen-bond acceptors (Lipinski definition) is 8. The van der Waals surface area contributed by atoms with Crippen LogP contribution in [0.15, 0.2) is 35.5 Å². The zero-order valence-electron chi connectivity index (χ0n) is 15.2. The molecule has 29 heavy (non-hydrogen) atoms. The number of nitrogens with one attached hydrogen (secondary N) is 1. The number of amides is 2. The molecule has 0 spiro atoms. The Morgan fingerprint density at radius 2 is 2.03 bits per heavy atom. The number of hydrogen-bond donors (Lipinski definition) is 2. The number of non-ortho nitro benzene ring substituents is 1. The normalized spacial score (nSPS) is 20.6. The van der Waals surface area contributed by atoms with E-state index in [1.807, 2.05) is 0 Å². The molecule has 0 radical (unpaired) electrons. The van der Waals surface area contributed by atoms with Gasteiger partial charge in [0.1, 0.15) is 23.7 Å². The van der Waals surface area contributed by atoms with Gasteiger partial charge in [-0.05, 0) is 23.3 Å². The van der Waals surface area contributed by atoms with Gasteiger partial charge >= 0.3 is 12.1 Å². The fourth-order valence-corrected chi connectivity index (χ4v) is 4.33. The first-order chi connectivity index (χ1) is 13.8. The number of carboxylic acid groups (broad SMARTS) is 1. The molecule has 2 atom stereocenters. The van der Waals surface area contributed by atoms with Crippen LogP contribution in [0.25, 0.3) is 0 Å². The average molecular weight is 423 g/mol. The monoisotopic (exact) mass is 423 g/mol. The van der Waals surface area contributed by atoms with Crippen molar-refractivity contribution in [3.63, 3.8) is 0 Å².